The van der Waals surface area contributed by atoms with Gasteiger partial charge in [0.25, 0.3) is 11.7 Å². The number of likely N-dealkylation sites (tertiary alicyclic amines) is 1. The number of Topliss-reactive ketones (excluding diaryl/α,β-unsaturated/α-hetero) is 1. The van der Waals surface area contributed by atoms with Gasteiger partial charge in [0, 0.05) is 42.4 Å². The fraction of sp³-hybridized carbons (Fsp3) is 0.370. The highest BCUT2D eigenvalue weighted by Crippen LogP contribution is 2.24. The van der Waals surface area contributed by atoms with Crippen LogP contribution in [0.15, 0.2) is 54.7 Å². The van der Waals surface area contributed by atoms with Crippen LogP contribution in [0.5, 0.6) is 0 Å². The van der Waals surface area contributed by atoms with E-state index < -0.39 is 11.7 Å². The fourth-order valence-corrected chi connectivity index (χ4v) is 4.54. The van der Waals surface area contributed by atoms with Gasteiger partial charge < -0.3 is 14.4 Å². The molecule has 1 aliphatic heterocycles. The second-order valence-corrected chi connectivity index (χ2v) is 8.53. The Morgan fingerprint density at radius 1 is 0.909 bits per heavy atom. The standard InChI is InChI=1S/C27H31N3O3/c1-3-20-12-14-21(15-13-20)30(4-2)27(33)26(32)23-18-29(24-11-7-6-10-22(23)24)19-25(31)28-16-8-5-9-17-28/h6-7,10-15,18H,3-5,8-9,16-17,19H2,1-2H3. The lowest BCUT2D eigenvalue weighted by atomic mass is 10.1. The zero-order chi connectivity index (χ0) is 23.4. The van der Waals surface area contributed by atoms with E-state index >= 15 is 0 Å². The number of benzene rings is 2. The van der Waals surface area contributed by atoms with Crippen LogP contribution < -0.4 is 4.90 Å². The summed E-state index contributed by atoms with van der Waals surface area (Å²) in [6, 6.07) is 15.2. The Morgan fingerprint density at radius 2 is 1.61 bits per heavy atom. The van der Waals surface area contributed by atoms with Gasteiger partial charge in [0.15, 0.2) is 0 Å². The molecule has 1 fully saturated rings. The topological polar surface area (TPSA) is 62.6 Å². The molecule has 1 aliphatic rings. The summed E-state index contributed by atoms with van der Waals surface area (Å²) in [5.74, 6) is -1.07. The van der Waals surface area contributed by atoms with Gasteiger partial charge in [-0.15, -0.1) is 0 Å². The molecule has 2 amide bonds. The van der Waals surface area contributed by atoms with E-state index in [1.807, 2.05) is 60.4 Å². The number of anilines is 1. The molecule has 172 valence electrons. The summed E-state index contributed by atoms with van der Waals surface area (Å²) in [4.78, 5) is 42.9. The molecule has 0 N–H and O–H groups in total. The number of para-hydroxylation sites is 1. The van der Waals surface area contributed by atoms with Gasteiger partial charge >= 0.3 is 0 Å². The van der Waals surface area contributed by atoms with Crippen LogP contribution >= 0.6 is 0 Å². The Balaban J connectivity index is 1.62. The van der Waals surface area contributed by atoms with Gasteiger partial charge in [-0.3, -0.25) is 14.4 Å². The lowest BCUT2D eigenvalue weighted by Gasteiger charge is -2.27. The maximum Gasteiger partial charge on any atom is 0.299 e. The highest BCUT2D eigenvalue weighted by molar-refractivity contribution is 6.48. The van der Waals surface area contributed by atoms with Gasteiger partial charge in [-0.1, -0.05) is 37.3 Å². The number of nitrogens with zero attached hydrogens (tertiary/aromatic N) is 3. The summed E-state index contributed by atoms with van der Waals surface area (Å²) in [5, 5.41) is 0.694. The number of likely N-dealkylation sites (N-methyl/N-ethyl adjacent to an activating group) is 1. The average Bonchev–Trinajstić information content (AvgIpc) is 3.23. The normalized spacial score (nSPS) is 13.8. The summed E-state index contributed by atoms with van der Waals surface area (Å²) in [5.41, 5.74) is 3.01. The molecule has 4 rings (SSSR count). The number of fused-ring (bicyclic) bond motifs is 1. The number of carbonyl (C=O) groups is 3. The summed E-state index contributed by atoms with van der Waals surface area (Å²) in [6.07, 6.45) is 5.80. The van der Waals surface area contributed by atoms with Crippen molar-refractivity contribution in [2.24, 2.45) is 0 Å². The van der Waals surface area contributed by atoms with Crippen molar-refractivity contribution in [3.8, 4) is 0 Å². The van der Waals surface area contributed by atoms with E-state index in [0.29, 0.717) is 23.2 Å². The number of aromatic nitrogens is 1. The molecule has 1 aromatic heterocycles. The zero-order valence-electron chi connectivity index (χ0n) is 19.4. The van der Waals surface area contributed by atoms with E-state index in [2.05, 4.69) is 6.92 Å². The van der Waals surface area contributed by atoms with Gasteiger partial charge in [-0.25, -0.2) is 0 Å². The molecular weight excluding hydrogens is 414 g/mol. The third kappa shape index (κ3) is 4.70. The molecule has 6 nitrogen and oxygen atoms in total. The number of piperidine rings is 1. The Hall–Kier alpha value is -3.41. The molecule has 1 saturated heterocycles. The predicted octanol–water partition coefficient (Wildman–Crippen LogP) is 4.45. The number of amides is 2. The van der Waals surface area contributed by atoms with Crippen LogP contribution in [0.4, 0.5) is 5.69 Å². The summed E-state index contributed by atoms with van der Waals surface area (Å²) in [7, 11) is 0. The molecule has 0 aliphatic carbocycles. The molecule has 6 heteroatoms. The molecule has 2 heterocycles. The Kier molecular flexibility index (Phi) is 6.92. The first-order valence-corrected chi connectivity index (χ1v) is 11.8. The average molecular weight is 446 g/mol. The van der Waals surface area contributed by atoms with Crippen molar-refractivity contribution < 1.29 is 14.4 Å². The van der Waals surface area contributed by atoms with Crippen LogP contribution in [0.1, 0.15) is 49.0 Å². The van der Waals surface area contributed by atoms with Crippen molar-refractivity contribution in [2.75, 3.05) is 24.5 Å². The molecular formula is C27H31N3O3. The maximum atomic E-state index is 13.4. The van der Waals surface area contributed by atoms with E-state index in [-0.39, 0.29) is 12.5 Å². The maximum absolute atomic E-state index is 13.4. The number of carbonyl (C=O) groups excluding carboxylic acids is 3. The van der Waals surface area contributed by atoms with Crippen molar-refractivity contribution in [2.45, 2.75) is 46.1 Å². The minimum absolute atomic E-state index is 0.0481. The second-order valence-electron chi connectivity index (χ2n) is 8.53. The van der Waals surface area contributed by atoms with Crippen molar-refractivity contribution in [3.63, 3.8) is 0 Å². The van der Waals surface area contributed by atoms with Crippen molar-refractivity contribution in [3.05, 3.63) is 65.9 Å². The first-order valence-electron chi connectivity index (χ1n) is 11.8. The summed E-state index contributed by atoms with van der Waals surface area (Å²) < 4.78 is 1.80. The van der Waals surface area contributed by atoms with E-state index in [0.717, 1.165) is 44.3 Å². The van der Waals surface area contributed by atoms with Gasteiger partial charge in [-0.05, 0) is 56.4 Å². The molecule has 3 aromatic rings. The second kappa shape index (κ2) is 10.0. The first-order chi connectivity index (χ1) is 16.0. The van der Waals surface area contributed by atoms with E-state index in [1.54, 1.807) is 10.8 Å². The number of ketones is 1. The fourth-order valence-electron chi connectivity index (χ4n) is 4.54. The first kappa shape index (κ1) is 22.8. The minimum atomic E-state index is -0.563. The number of aryl methyl sites for hydroxylation is 1. The van der Waals surface area contributed by atoms with E-state index in [4.69, 9.17) is 0 Å². The Bertz CT molecular complexity index is 1160. The molecule has 33 heavy (non-hydrogen) atoms. The van der Waals surface area contributed by atoms with Gasteiger partial charge in [-0.2, -0.15) is 0 Å². The van der Waals surface area contributed by atoms with Crippen molar-refractivity contribution in [1.82, 2.24) is 9.47 Å². The molecule has 0 unspecified atom stereocenters. The monoisotopic (exact) mass is 445 g/mol. The van der Waals surface area contributed by atoms with Crippen LogP contribution in [-0.4, -0.2) is 46.7 Å². The third-order valence-electron chi connectivity index (χ3n) is 6.46. The molecule has 0 saturated carbocycles. The van der Waals surface area contributed by atoms with Gasteiger partial charge in [0.1, 0.15) is 6.54 Å². The van der Waals surface area contributed by atoms with Gasteiger partial charge in [0.2, 0.25) is 5.91 Å². The molecule has 0 atom stereocenters. The predicted molar refractivity (Wildman–Crippen MR) is 131 cm³/mol. The number of hydrogen-bond acceptors (Lipinski definition) is 3. The van der Waals surface area contributed by atoms with E-state index in [9.17, 15) is 14.4 Å². The largest absolute Gasteiger partial charge is 0.341 e. The lowest BCUT2D eigenvalue weighted by Crippen LogP contribution is -2.37. The van der Waals surface area contributed by atoms with E-state index in [1.165, 1.54) is 10.5 Å². The number of hydrogen-bond donors (Lipinski definition) is 0. The van der Waals surface area contributed by atoms with Gasteiger partial charge in [0.05, 0.1) is 5.56 Å². The van der Waals surface area contributed by atoms with Crippen molar-refractivity contribution in [1.29, 1.82) is 0 Å². The highest BCUT2D eigenvalue weighted by Gasteiger charge is 2.27. The number of rotatable bonds is 7. The highest BCUT2D eigenvalue weighted by atomic mass is 16.2. The zero-order valence-corrected chi connectivity index (χ0v) is 19.4. The van der Waals surface area contributed by atoms with Crippen LogP contribution in [0.25, 0.3) is 10.9 Å². The van der Waals surface area contributed by atoms with Crippen LogP contribution in [0, 0.1) is 0 Å². The smallest absolute Gasteiger partial charge is 0.299 e. The van der Waals surface area contributed by atoms with Crippen LogP contribution in [-0.2, 0) is 22.6 Å². The third-order valence-corrected chi connectivity index (χ3v) is 6.46. The SMILES string of the molecule is CCc1ccc(N(CC)C(=O)C(=O)c2cn(CC(=O)N3CCCCC3)c3ccccc23)cc1. The van der Waals surface area contributed by atoms with Crippen molar-refractivity contribution >= 4 is 34.2 Å². The quantitative estimate of drug-likeness (QED) is 0.399. The minimum Gasteiger partial charge on any atom is -0.341 e. The Morgan fingerprint density at radius 3 is 2.27 bits per heavy atom. The molecule has 0 radical (unpaired) electrons. The lowest BCUT2D eigenvalue weighted by molar-refractivity contribution is -0.132. The summed E-state index contributed by atoms with van der Waals surface area (Å²) >= 11 is 0. The Labute approximate surface area is 194 Å². The summed E-state index contributed by atoms with van der Waals surface area (Å²) in [6.45, 7) is 6.06. The van der Waals surface area contributed by atoms with Crippen LogP contribution in [0.2, 0.25) is 0 Å². The molecule has 0 spiro atoms. The van der Waals surface area contributed by atoms with Crippen LogP contribution in [0.3, 0.4) is 0 Å². The molecule has 2 aromatic carbocycles. The molecule has 0 bridgehead atoms.